The van der Waals surface area contributed by atoms with E-state index >= 15 is 0 Å². The Kier molecular flexibility index (Phi) is 2.88. The molecule has 0 atom stereocenters. The Hall–Kier alpha value is -1.83. The fraction of sp³-hybridized carbons (Fsp3) is 0.200. The molecule has 0 aliphatic rings. The molecular weight excluding hydrogens is 213 g/mol. The van der Waals surface area contributed by atoms with Gasteiger partial charge in [-0.1, -0.05) is 17.7 Å². The van der Waals surface area contributed by atoms with Crippen molar-refractivity contribution < 1.29 is 4.39 Å². The van der Waals surface area contributed by atoms with E-state index in [0.717, 1.165) is 22.3 Å². The van der Waals surface area contributed by atoms with Crippen LogP contribution in [0.4, 0.5) is 10.1 Å². The van der Waals surface area contributed by atoms with Crippen molar-refractivity contribution in [3.63, 3.8) is 0 Å². The molecule has 0 amide bonds. The molecule has 0 aliphatic heterocycles. The van der Waals surface area contributed by atoms with Crippen LogP contribution < -0.4 is 5.73 Å². The average molecular weight is 229 g/mol. The van der Waals surface area contributed by atoms with Gasteiger partial charge >= 0.3 is 0 Å². The summed E-state index contributed by atoms with van der Waals surface area (Å²) in [4.78, 5) is 0. The summed E-state index contributed by atoms with van der Waals surface area (Å²) in [6.45, 7) is 5.77. The molecule has 1 nitrogen and oxygen atoms in total. The van der Waals surface area contributed by atoms with Crippen molar-refractivity contribution in [1.82, 2.24) is 0 Å². The molecule has 2 aromatic carbocycles. The lowest BCUT2D eigenvalue weighted by atomic mass is 9.95. The zero-order valence-corrected chi connectivity index (χ0v) is 10.3. The van der Waals surface area contributed by atoms with Gasteiger partial charge in [0.15, 0.2) is 0 Å². The van der Waals surface area contributed by atoms with Crippen LogP contribution in [0.1, 0.15) is 16.7 Å². The summed E-state index contributed by atoms with van der Waals surface area (Å²) in [5.41, 5.74) is 10.8. The maximum Gasteiger partial charge on any atom is 0.131 e. The van der Waals surface area contributed by atoms with E-state index in [0.29, 0.717) is 11.3 Å². The lowest BCUT2D eigenvalue weighted by Gasteiger charge is -2.12. The van der Waals surface area contributed by atoms with Crippen LogP contribution in [0.25, 0.3) is 11.1 Å². The molecule has 2 N–H and O–H groups in total. The zero-order valence-electron chi connectivity index (χ0n) is 10.3. The van der Waals surface area contributed by atoms with Crippen LogP contribution in [0.2, 0.25) is 0 Å². The maximum absolute atomic E-state index is 14.1. The Labute approximate surface area is 101 Å². The highest BCUT2D eigenvalue weighted by molar-refractivity contribution is 5.79. The van der Waals surface area contributed by atoms with Crippen LogP contribution in [0, 0.1) is 26.6 Å². The number of benzene rings is 2. The van der Waals surface area contributed by atoms with Gasteiger partial charge in [0.2, 0.25) is 0 Å². The molecule has 2 aromatic rings. The third-order valence-electron chi connectivity index (χ3n) is 2.91. The lowest BCUT2D eigenvalue weighted by Crippen LogP contribution is -1.96. The minimum absolute atomic E-state index is 0.209. The minimum Gasteiger partial charge on any atom is -0.398 e. The van der Waals surface area contributed by atoms with Crippen molar-refractivity contribution in [1.29, 1.82) is 0 Å². The molecule has 0 aromatic heterocycles. The highest BCUT2D eigenvalue weighted by Gasteiger charge is 2.12. The number of rotatable bonds is 1. The van der Waals surface area contributed by atoms with Crippen LogP contribution in [-0.2, 0) is 0 Å². The number of anilines is 1. The van der Waals surface area contributed by atoms with Gasteiger partial charge in [-0.3, -0.25) is 0 Å². The van der Waals surface area contributed by atoms with Gasteiger partial charge in [0.05, 0.1) is 0 Å². The van der Waals surface area contributed by atoms with E-state index in [1.54, 1.807) is 6.07 Å². The van der Waals surface area contributed by atoms with Crippen molar-refractivity contribution >= 4 is 5.69 Å². The van der Waals surface area contributed by atoms with Gasteiger partial charge in [0.25, 0.3) is 0 Å². The fourth-order valence-corrected chi connectivity index (χ4v) is 2.14. The molecule has 0 bridgehead atoms. The first-order valence-electron chi connectivity index (χ1n) is 5.62. The predicted octanol–water partition coefficient (Wildman–Crippen LogP) is 4.00. The summed E-state index contributed by atoms with van der Waals surface area (Å²) >= 11 is 0. The number of nitrogens with two attached hydrogens (primary N) is 1. The van der Waals surface area contributed by atoms with Crippen LogP contribution in [0.5, 0.6) is 0 Å². The van der Waals surface area contributed by atoms with E-state index in [9.17, 15) is 4.39 Å². The van der Waals surface area contributed by atoms with E-state index in [1.807, 2.05) is 45.0 Å². The molecule has 2 heteroatoms. The normalized spacial score (nSPS) is 10.6. The quantitative estimate of drug-likeness (QED) is 0.735. The molecular formula is C15H16FN. The summed E-state index contributed by atoms with van der Waals surface area (Å²) in [7, 11) is 0. The largest absolute Gasteiger partial charge is 0.398 e. The van der Waals surface area contributed by atoms with E-state index < -0.39 is 0 Å². The number of hydrogen-bond donors (Lipinski definition) is 1. The summed E-state index contributed by atoms with van der Waals surface area (Å²) in [5.74, 6) is -0.209. The Morgan fingerprint density at radius 3 is 2.29 bits per heavy atom. The second-order valence-electron chi connectivity index (χ2n) is 4.53. The van der Waals surface area contributed by atoms with Gasteiger partial charge in [-0.05, 0) is 50.1 Å². The third-order valence-corrected chi connectivity index (χ3v) is 2.91. The molecule has 0 unspecified atom stereocenters. The minimum atomic E-state index is -0.209. The van der Waals surface area contributed by atoms with Gasteiger partial charge in [0.1, 0.15) is 5.82 Å². The fourth-order valence-electron chi connectivity index (χ4n) is 2.14. The summed E-state index contributed by atoms with van der Waals surface area (Å²) in [5, 5.41) is 0. The number of aryl methyl sites for hydroxylation is 3. The molecule has 0 spiro atoms. The Morgan fingerprint density at radius 1 is 0.941 bits per heavy atom. The molecule has 88 valence electrons. The summed E-state index contributed by atoms with van der Waals surface area (Å²) < 4.78 is 14.1. The highest BCUT2D eigenvalue weighted by atomic mass is 19.1. The van der Waals surface area contributed by atoms with E-state index in [1.165, 1.54) is 0 Å². The Bertz CT molecular complexity index is 550. The van der Waals surface area contributed by atoms with Gasteiger partial charge in [-0.15, -0.1) is 0 Å². The van der Waals surface area contributed by atoms with Crippen molar-refractivity contribution in [3.8, 4) is 11.1 Å². The maximum atomic E-state index is 14.1. The van der Waals surface area contributed by atoms with Gasteiger partial charge in [-0.25, -0.2) is 4.39 Å². The van der Waals surface area contributed by atoms with Crippen molar-refractivity contribution in [2.75, 3.05) is 5.73 Å². The van der Waals surface area contributed by atoms with E-state index in [-0.39, 0.29) is 5.82 Å². The number of halogens is 1. The van der Waals surface area contributed by atoms with Crippen LogP contribution in [0.3, 0.4) is 0 Å². The molecule has 0 saturated carbocycles. The van der Waals surface area contributed by atoms with Crippen LogP contribution in [0.15, 0.2) is 30.3 Å². The Balaban J connectivity index is 2.72. The standard InChI is InChI=1S/C15H16FN/c1-9-4-5-14(17)12(7-9)15-11(3)6-10(2)8-13(15)16/h4-8H,17H2,1-3H3. The SMILES string of the molecule is Cc1cc(C)c(-c2cc(C)ccc2N)c(F)c1. The van der Waals surface area contributed by atoms with E-state index in [2.05, 4.69) is 0 Å². The smallest absolute Gasteiger partial charge is 0.131 e. The third kappa shape index (κ3) is 2.16. The molecule has 0 saturated heterocycles. The average Bonchev–Trinajstić information content (AvgIpc) is 2.21. The second-order valence-corrected chi connectivity index (χ2v) is 4.53. The molecule has 0 fully saturated rings. The van der Waals surface area contributed by atoms with Crippen LogP contribution in [-0.4, -0.2) is 0 Å². The van der Waals surface area contributed by atoms with Crippen molar-refractivity contribution in [2.24, 2.45) is 0 Å². The van der Waals surface area contributed by atoms with E-state index in [4.69, 9.17) is 5.73 Å². The van der Waals surface area contributed by atoms with Gasteiger partial charge < -0.3 is 5.73 Å². The summed E-state index contributed by atoms with van der Waals surface area (Å²) in [6.07, 6.45) is 0. The topological polar surface area (TPSA) is 26.0 Å². The van der Waals surface area contributed by atoms with Crippen molar-refractivity contribution in [3.05, 3.63) is 52.8 Å². The Morgan fingerprint density at radius 2 is 1.65 bits per heavy atom. The summed E-state index contributed by atoms with van der Waals surface area (Å²) in [6, 6.07) is 9.20. The first-order valence-corrected chi connectivity index (χ1v) is 5.62. The zero-order chi connectivity index (χ0) is 12.6. The molecule has 0 heterocycles. The number of nitrogen functional groups attached to an aromatic ring is 1. The first kappa shape index (κ1) is 11.6. The monoisotopic (exact) mass is 229 g/mol. The van der Waals surface area contributed by atoms with Gasteiger partial charge in [-0.2, -0.15) is 0 Å². The first-order chi connectivity index (χ1) is 7.99. The lowest BCUT2D eigenvalue weighted by molar-refractivity contribution is 0.629. The molecule has 0 aliphatic carbocycles. The van der Waals surface area contributed by atoms with Crippen molar-refractivity contribution in [2.45, 2.75) is 20.8 Å². The highest BCUT2D eigenvalue weighted by Crippen LogP contribution is 2.32. The number of hydrogen-bond acceptors (Lipinski definition) is 1. The second kappa shape index (κ2) is 4.21. The van der Waals surface area contributed by atoms with Gasteiger partial charge in [0, 0.05) is 16.8 Å². The molecule has 2 rings (SSSR count). The predicted molar refractivity (Wildman–Crippen MR) is 70.5 cm³/mol. The molecule has 0 radical (unpaired) electrons. The van der Waals surface area contributed by atoms with Crippen LogP contribution >= 0.6 is 0 Å². The molecule has 17 heavy (non-hydrogen) atoms.